The summed E-state index contributed by atoms with van der Waals surface area (Å²) in [6.07, 6.45) is 0. The molecule has 0 saturated heterocycles. The summed E-state index contributed by atoms with van der Waals surface area (Å²) in [5.41, 5.74) is 9.84. The fourth-order valence-electron chi connectivity index (χ4n) is 5.17. The molecule has 0 saturated carbocycles. The van der Waals surface area contributed by atoms with E-state index in [9.17, 15) is 0 Å². The van der Waals surface area contributed by atoms with Gasteiger partial charge in [-0.05, 0) is 64.7 Å². The topological polar surface area (TPSA) is 16.4 Å². The van der Waals surface area contributed by atoms with E-state index in [0.29, 0.717) is 0 Å². The molecule has 0 spiro atoms. The molecule has 0 fully saturated rings. The largest absolute Gasteiger partial charge is 0.456 e. The van der Waals surface area contributed by atoms with Crippen LogP contribution in [0.15, 0.2) is 156 Å². The van der Waals surface area contributed by atoms with Crippen LogP contribution in [0.3, 0.4) is 0 Å². The van der Waals surface area contributed by atoms with Crippen LogP contribution in [0.25, 0.3) is 44.2 Å². The molecule has 0 atom stereocenters. The van der Waals surface area contributed by atoms with E-state index >= 15 is 0 Å². The minimum atomic E-state index is 0.885. The first kappa shape index (κ1) is 22.1. The fourth-order valence-corrected chi connectivity index (χ4v) is 5.17. The molecule has 7 aromatic rings. The number of benzene rings is 6. The maximum absolute atomic E-state index is 6.24. The maximum atomic E-state index is 6.24. The summed E-state index contributed by atoms with van der Waals surface area (Å²) in [4.78, 5) is 2.29. The summed E-state index contributed by atoms with van der Waals surface area (Å²) in [5.74, 6) is 0. The number of furan rings is 1. The lowest BCUT2D eigenvalue weighted by Crippen LogP contribution is -2.09. The van der Waals surface area contributed by atoms with Gasteiger partial charge in [0.1, 0.15) is 11.2 Å². The highest BCUT2D eigenvalue weighted by Crippen LogP contribution is 2.39. The van der Waals surface area contributed by atoms with E-state index in [4.69, 9.17) is 4.42 Å². The van der Waals surface area contributed by atoms with Crippen molar-refractivity contribution < 1.29 is 4.42 Å². The van der Waals surface area contributed by atoms with Gasteiger partial charge in [0.2, 0.25) is 0 Å². The Balaban J connectivity index is 1.34. The second-order valence-electron chi connectivity index (χ2n) is 9.44. The summed E-state index contributed by atoms with van der Waals surface area (Å²) in [7, 11) is 0. The quantitative estimate of drug-likeness (QED) is 0.240. The molecule has 1 aromatic heterocycles. The third-order valence-electron chi connectivity index (χ3n) is 7.09. The van der Waals surface area contributed by atoms with E-state index in [1.807, 2.05) is 24.3 Å². The first-order valence-corrected chi connectivity index (χ1v) is 12.9. The Hall–Kier alpha value is -5.08. The van der Waals surface area contributed by atoms with Crippen molar-refractivity contribution in [2.75, 3.05) is 4.90 Å². The second-order valence-corrected chi connectivity index (χ2v) is 9.44. The lowest BCUT2D eigenvalue weighted by atomic mass is 10.0. The van der Waals surface area contributed by atoms with Crippen molar-refractivity contribution in [1.29, 1.82) is 0 Å². The normalized spacial score (nSPS) is 11.2. The van der Waals surface area contributed by atoms with Gasteiger partial charge in [-0.1, -0.05) is 103 Å². The Morgan fingerprint density at radius 2 is 0.789 bits per heavy atom. The van der Waals surface area contributed by atoms with E-state index in [0.717, 1.165) is 39.0 Å². The molecule has 1 heterocycles. The van der Waals surface area contributed by atoms with Gasteiger partial charge in [-0.3, -0.25) is 0 Å². The Labute approximate surface area is 222 Å². The predicted octanol–water partition coefficient (Wildman–Crippen LogP) is 10.4. The molecule has 0 amide bonds. The number of anilines is 3. The molecule has 2 nitrogen and oxygen atoms in total. The summed E-state index contributed by atoms with van der Waals surface area (Å²) < 4.78 is 6.24. The van der Waals surface area contributed by atoms with Gasteiger partial charge in [0.25, 0.3) is 0 Å². The molecule has 6 aromatic carbocycles. The lowest BCUT2D eigenvalue weighted by Gasteiger charge is -2.26. The van der Waals surface area contributed by atoms with Gasteiger partial charge >= 0.3 is 0 Å². The number of nitrogens with zero attached hydrogens (tertiary/aromatic N) is 1. The fraction of sp³-hybridized carbons (Fsp3) is 0. The minimum Gasteiger partial charge on any atom is -0.456 e. The number of para-hydroxylation sites is 1. The van der Waals surface area contributed by atoms with E-state index in [1.54, 1.807) is 0 Å². The van der Waals surface area contributed by atoms with Crippen LogP contribution >= 0.6 is 0 Å². The molecule has 0 aliphatic carbocycles. The second kappa shape index (κ2) is 9.42. The number of hydrogen-bond donors (Lipinski definition) is 0. The van der Waals surface area contributed by atoms with Crippen LogP contribution in [0.2, 0.25) is 0 Å². The van der Waals surface area contributed by atoms with E-state index in [2.05, 4.69) is 132 Å². The third-order valence-corrected chi connectivity index (χ3v) is 7.09. The molecular weight excluding hydrogens is 462 g/mol. The van der Waals surface area contributed by atoms with Gasteiger partial charge in [0, 0.05) is 33.9 Å². The highest BCUT2D eigenvalue weighted by atomic mass is 16.3. The van der Waals surface area contributed by atoms with Crippen molar-refractivity contribution >= 4 is 39.0 Å². The van der Waals surface area contributed by atoms with Crippen LogP contribution in [-0.2, 0) is 0 Å². The predicted molar refractivity (Wildman–Crippen MR) is 159 cm³/mol. The van der Waals surface area contributed by atoms with Gasteiger partial charge in [-0.25, -0.2) is 0 Å². The van der Waals surface area contributed by atoms with Crippen LogP contribution in [0.4, 0.5) is 17.1 Å². The van der Waals surface area contributed by atoms with Gasteiger partial charge in [0.05, 0.1) is 0 Å². The monoisotopic (exact) mass is 487 g/mol. The summed E-state index contributed by atoms with van der Waals surface area (Å²) in [6, 6.07) is 53.2. The van der Waals surface area contributed by atoms with Crippen LogP contribution in [-0.4, -0.2) is 0 Å². The zero-order valence-electron chi connectivity index (χ0n) is 20.8. The highest BCUT2D eigenvalue weighted by molar-refractivity contribution is 6.06. The zero-order valence-corrected chi connectivity index (χ0v) is 20.8. The smallest absolute Gasteiger partial charge is 0.137 e. The van der Waals surface area contributed by atoms with Crippen LogP contribution < -0.4 is 4.90 Å². The van der Waals surface area contributed by atoms with Crippen molar-refractivity contribution in [3.8, 4) is 22.3 Å². The molecule has 0 aliphatic rings. The van der Waals surface area contributed by atoms with Crippen LogP contribution in [0, 0.1) is 0 Å². The molecule has 180 valence electrons. The number of rotatable bonds is 5. The SMILES string of the molecule is c1ccc(-c2ccc(N(c3ccc(-c4ccccc4)cc3)c3ccc4c(c3)oc3ccccc34)cc2)cc1. The van der Waals surface area contributed by atoms with Gasteiger partial charge in [-0.15, -0.1) is 0 Å². The van der Waals surface area contributed by atoms with Crippen molar-refractivity contribution in [3.05, 3.63) is 152 Å². The standard InChI is InChI=1S/C36H25NO/c1-3-9-26(10-4-1)28-15-19-30(20-16-28)37(31-21-17-29(18-22-31)27-11-5-2-6-12-27)32-23-24-34-33-13-7-8-14-35(33)38-36(34)25-32/h1-25H. The van der Waals surface area contributed by atoms with Crippen molar-refractivity contribution in [2.45, 2.75) is 0 Å². The Morgan fingerprint density at radius 3 is 1.37 bits per heavy atom. The number of hydrogen-bond acceptors (Lipinski definition) is 2. The van der Waals surface area contributed by atoms with Crippen LogP contribution in [0.5, 0.6) is 0 Å². The minimum absolute atomic E-state index is 0.885. The molecule has 0 unspecified atom stereocenters. The molecule has 0 aliphatic heterocycles. The van der Waals surface area contributed by atoms with Crippen LogP contribution in [0.1, 0.15) is 0 Å². The van der Waals surface area contributed by atoms with Gasteiger partial charge < -0.3 is 9.32 Å². The number of fused-ring (bicyclic) bond motifs is 3. The van der Waals surface area contributed by atoms with Crippen molar-refractivity contribution in [1.82, 2.24) is 0 Å². The Morgan fingerprint density at radius 1 is 0.342 bits per heavy atom. The zero-order chi connectivity index (χ0) is 25.3. The van der Waals surface area contributed by atoms with Gasteiger partial charge in [-0.2, -0.15) is 0 Å². The highest BCUT2D eigenvalue weighted by Gasteiger charge is 2.16. The molecule has 38 heavy (non-hydrogen) atoms. The summed E-state index contributed by atoms with van der Waals surface area (Å²) in [6.45, 7) is 0. The van der Waals surface area contributed by atoms with Crippen molar-refractivity contribution in [2.24, 2.45) is 0 Å². The maximum Gasteiger partial charge on any atom is 0.137 e. The third kappa shape index (κ3) is 4.03. The average Bonchev–Trinajstić information content (AvgIpc) is 3.37. The first-order valence-electron chi connectivity index (χ1n) is 12.9. The molecule has 2 heteroatoms. The van der Waals surface area contributed by atoms with E-state index < -0.39 is 0 Å². The lowest BCUT2D eigenvalue weighted by molar-refractivity contribution is 0.669. The van der Waals surface area contributed by atoms with E-state index in [-0.39, 0.29) is 0 Å². The van der Waals surface area contributed by atoms with Crippen molar-refractivity contribution in [3.63, 3.8) is 0 Å². The van der Waals surface area contributed by atoms with Gasteiger partial charge in [0.15, 0.2) is 0 Å². The Bertz CT molecular complexity index is 1750. The summed E-state index contributed by atoms with van der Waals surface area (Å²) in [5, 5.41) is 2.27. The molecule has 0 N–H and O–H groups in total. The molecular formula is C36H25NO. The first-order chi connectivity index (χ1) is 18.8. The molecule has 0 radical (unpaired) electrons. The molecule has 7 rings (SSSR count). The summed E-state index contributed by atoms with van der Waals surface area (Å²) >= 11 is 0. The molecule has 0 bridgehead atoms. The van der Waals surface area contributed by atoms with E-state index in [1.165, 1.54) is 22.3 Å². The average molecular weight is 488 g/mol. The Kier molecular flexibility index (Phi) is 5.49.